The van der Waals surface area contributed by atoms with Gasteiger partial charge < -0.3 is 10.4 Å². The average Bonchev–Trinajstić information content (AvgIpc) is 3.03. The Morgan fingerprint density at radius 3 is 2.64 bits per heavy atom. The van der Waals surface area contributed by atoms with Crippen molar-refractivity contribution < 1.29 is 23.5 Å². The van der Waals surface area contributed by atoms with E-state index in [1.165, 1.54) is 0 Å². The van der Waals surface area contributed by atoms with E-state index in [0.717, 1.165) is 35.9 Å². The second kappa shape index (κ2) is 5.31. The van der Waals surface area contributed by atoms with Gasteiger partial charge in [-0.2, -0.15) is 0 Å². The van der Waals surface area contributed by atoms with Gasteiger partial charge >= 0.3 is 6.03 Å². The lowest BCUT2D eigenvalue weighted by Gasteiger charge is -2.21. The van der Waals surface area contributed by atoms with Crippen LogP contribution in [0, 0.1) is 11.6 Å². The zero-order valence-electron chi connectivity index (χ0n) is 11.8. The van der Waals surface area contributed by atoms with E-state index >= 15 is 0 Å². The number of rotatable bonds is 3. The zero-order valence-corrected chi connectivity index (χ0v) is 11.8. The van der Waals surface area contributed by atoms with Crippen LogP contribution in [0.1, 0.15) is 37.4 Å². The summed E-state index contributed by atoms with van der Waals surface area (Å²) in [6, 6.07) is 2.11. The molecule has 1 heterocycles. The van der Waals surface area contributed by atoms with Crippen LogP contribution in [0.4, 0.5) is 13.6 Å². The lowest BCUT2D eigenvalue weighted by molar-refractivity contribution is -0.132. The molecule has 118 valence electrons. The summed E-state index contributed by atoms with van der Waals surface area (Å²) in [7, 11) is 0. The van der Waals surface area contributed by atoms with Gasteiger partial charge in [0.05, 0.1) is 6.54 Å². The van der Waals surface area contributed by atoms with Crippen molar-refractivity contribution in [2.24, 2.45) is 0 Å². The van der Waals surface area contributed by atoms with Gasteiger partial charge in [-0.3, -0.25) is 9.69 Å². The van der Waals surface area contributed by atoms with Gasteiger partial charge in [0, 0.05) is 5.56 Å². The zero-order chi connectivity index (χ0) is 15.9. The molecule has 2 aliphatic rings. The van der Waals surface area contributed by atoms with Crippen LogP contribution in [0.2, 0.25) is 0 Å². The predicted octanol–water partition coefficient (Wildman–Crippen LogP) is 1.86. The van der Waals surface area contributed by atoms with Crippen LogP contribution in [-0.4, -0.2) is 34.0 Å². The molecule has 3 amide bonds. The topological polar surface area (TPSA) is 69.6 Å². The Labute approximate surface area is 125 Å². The third-order valence-electron chi connectivity index (χ3n) is 4.38. The van der Waals surface area contributed by atoms with Gasteiger partial charge in [0.2, 0.25) is 0 Å². The minimum absolute atomic E-state index is 0.270. The molecule has 22 heavy (non-hydrogen) atoms. The van der Waals surface area contributed by atoms with Gasteiger partial charge in [0.15, 0.2) is 0 Å². The molecule has 3 rings (SSSR count). The van der Waals surface area contributed by atoms with Crippen LogP contribution in [0.15, 0.2) is 18.2 Å². The van der Waals surface area contributed by atoms with Crippen LogP contribution < -0.4 is 5.32 Å². The Balaban J connectivity index is 1.79. The quantitative estimate of drug-likeness (QED) is 0.837. The molecule has 1 aliphatic heterocycles. The summed E-state index contributed by atoms with van der Waals surface area (Å²) in [5.74, 6) is -1.87. The maximum absolute atomic E-state index is 13.7. The van der Waals surface area contributed by atoms with Crippen LogP contribution in [0.5, 0.6) is 0 Å². The molecule has 0 bridgehead atoms. The van der Waals surface area contributed by atoms with Gasteiger partial charge in [0.1, 0.15) is 23.3 Å². The number of nitrogens with zero attached hydrogens (tertiary/aromatic N) is 1. The minimum Gasteiger partial charge on any atom is -0.386 e. The largest absolute Gasteiger partial charge is 0.386 e. The summed E-state index contributed by atoms with van der Waals surface area (Å²) in [5.41, 5.74) is -1.15. The average molecular weight is 310 g/mol. The fourth-order valence-corrected chi connectivity index (χ4v) is 3.20. The van der Waals surface area contributed by atoms with Gasteiger partial charge in [-0.05, 0) is 31.0 Å². The lowest BCUT2D eigenvalue weighted by atomic mass is 9.98. The highest BCUT2D eigenvalue weighted by atomic mass is 19.1. The first kappa shape index (κ1) is 14.9. The number of β-amino-alcohol motifs (C(OH)–C–C–N with tert-alkyl or cyclic N) is 1. The van der Waals surface area contributed by atoms with Crippen LogP contribution >= 0.6 is 0 Å². The molecule has 1 saturated heterocycles. The molecule has 0 aromatic heterocycles. The van der Waals surface area contributed by atoms with E-state index in [0.29, 0.717) is 12.8 Å². The molecule has 0 radical (unpaired) electrons. The van der Waals surface area contributed by atoms with Crippen molar-refractivity contribution >= 4 is 11.9 Å². The number of aliphatic hydroxyl groups is 1. The summed E-state index contributed by atoms with van der Waals surface area (Å²) in [6.07, 6.45) is 1.36. The Bertz CT molecular complexity index is 629. The van der Waals surface area contributed by atoms with Crippen molar-refractivity contribution in [2.45, 2.75) is 37.3 Å². The SMILES string of the molecule is O=C1NC2(CCCC2)C(=O)N1C[C@@H](O)c1cc(F)ccc1F. The highest BCUT2D eigenvalue weighted by Crippen LogP contribution is 2.35. The van der Waals surface area contributed by atoms with E-state index in [1.54, 1.807) is 0 Å². The molecule has 1 aliphatic carbocycles. The summed E-state index contributed by atoms with van der Waals surface area (Å²) >= 11 is 0. The van der Waals surface area contributed by atoms with Crippen molar-refractivity contribution in [2.75, 3.05) is 6.54 Å². The van der Waals surface area contributed by atoms with Gasteiger partial charge in [0.25, 0.3) is 5.91 Å². The Morgan fingerprint density at radius 1 is 1.27 bits per heavy atom. The molecule has 5 nitrogen and oxygen atoms in total. The summed E-state index contributed by atoms with van der Waals surface area (Å²) < 4.78 is 26.8. The van der Waals surface area contributed by atoms with Gasteiger partial charge in [-0.15, -0.1) is 0 Å². The number of imide groups is 1. The molecule has 1 saturated carbocycles. The third-order valence-corrected chi connectivity index (χ3v) is 4.38. The maximum Gasteiger partial charge on any atom is 0.325 e. The van der Waals surface area contributed by atoms with E-state index in [4.69, 9.17) is 0 Å². The molecular formula is C15H16F2N2O3. The number of carbonyl (C=O) groups is 2. The van der Waals surface area contributed by atoms with E-state index in [2.05, 4.69) is 5.32 Å². The first-order chi connectivity index (χ1) is 10.4. The monoisotopic (exact) mass is 310 g/mol. The van der Waals surface area contributed by atoms with Gasteiger partial charge in [-0.1, -0.05) is 12.8 Å². The second-order valence-corrected chi connectivity index (χ2v) is 5.82. The van der Waals surface area contributed by atoms with Crippen molar-refractivity contribution in [3.8, 4) is 0 Å². The molecule has 1 aromatic rings. The van der Waals surface area contributed by atoms with Gasteiger partial charge in [-0.25, -0.2) is 13.6 Å². The van der Waals surface area contributed by atoms with E-state index in [-0.39, 0.29) is 5.56 Å². The third kappa shape index (κ3) is 2.35. The first-order valence-electron chi connectivity index (χ1n) is 7.20. The normalized spacial score (nSPS) is 21.5. The fourth-order valence-electron chi connectivity index (χ4n) is 3.20. The fraction of sp³-hybridized carbons (Fsp3) is 0.467. The van der Waals surface area contributed by atoms with Crippen molar-refractivity contribution in [3.63, 3.8) is 0 Å². The molecule has 1 spiro atoms. The Hall–Kier alpha value is -2.02. The highest BCUT2D eigenvalue weighted by molar-refractivity contribution is 6.07. The minimum atomic E-state index is -1.47. The molecule has 2 fully saturated rings. The lowest BCUT2D eigenvalue weighted by Crippen LogP contribution is -2.44. The molecular weight excluding hydrogens is 294 g/mol. The summed E-state index contributed by atoms with van der Waals surface area (Å²) in [5, 5.41) is 12.7. The number of amides is 3. The van der Waals surface area contributed by atoms with Crippen LogP contribution in [-0.2, 0) is 4.79 Å². The van der Waals surface area contributed by atoms with Crippen LogP contribution in [0.3, 0.4) is 0 Å². The number of hydrogen-bond donors (Lipinski definition) is 2. The van der Waals surface area contributed by atoms with Crippen molar-refractivity contribution in [1.82, 2.24) is 10.2 Å². The van der Waals surface area contributed by atoms with Crippen molar-refractivity contribution in [1.29, 1.82) is 0 Å². The molecule has 1 aromatic carbocycles. The number of urea groups is 1. The standard InChI is InChI=1S/C15H16F2N2O3/c16-9-3-4-11(17)10(7-9)12(20)8-19-13(21)15(18-14(19)22)5-1-2-6-15/h3-4,7,12,20H,1-2,5-6,8H2,(H,18,22)/t12-/m1/s1. The van der Waals surface area contributed by atoms with E-state index in [9.17, 15) is 23.5 Å². The second-order valence-electron chi connectivity index (χ2n) is 5.82. The van der Waals surface area contributed by atoms with Crippen molar-refractivity contribution in [3.05, 3.63) is 35.4 Å². The van der Waals surface area contributed by atoms with Crippen LogP contribution in [0.25, 0.3) is 0 Å². The van der Waals surface area contributed by atoms with E-state index in [1.807, 2.05) is 0 Å². The van der Waals surface area contributed by atoms with E-state index < -0.39 is 41.8 Å². The first-order valence-corrected chi connectivity index (χ1v) is 7.20. The number of halogens is 2. The summed E-state index contributed by atoms with van der Waals surface area (Å²) in [6.45, 7) is -0.396. The molecule has 0 unspecified atom stereocenters. The molecule has 2 N–H and O–H groups in total. The summed E-state index contributed by atoms with van der Waals surface area (Å²) in [4.78, 5) is 25.3. The Kier molecular flexibility index (Phi) is 3.60. The number of carbonyl (C=O) groups excluding carboxylic acids is 2. The molecule has 1 atom stereocenters. The Morgan fingerprint density at radius 2 is 1.95 bits per heavy atom. The number of hydrogen-bond acceptors (Lipinski definition) is 3. The number of benzene rings is 1. The highest BCUT2D eigenvalue weighted by Gasteiger charge is 2.52. The molecule has 7 heteroatoms. The predicted molar refractivity (Wildman–Crippen MR) is 72.8 cm³/mol. The smallest absolute Gasteiger partial charge is 0.325 e. The number of nitrogens with one attached hydrogen (secondary N) is 1. The maximum atomic E-state index is 13.7. The number of aliphatic hydroxyl groups excluding tert-OH is 1.